The normalized spacial score (nSPS) is 16.3. The smallest absolute Gasteiger partial charge is 0.324 e. The second-order valence-corrected chi connectivity index (χ2v) is 4.03. The molecule has 1 saturated heterocycles. The third-order valence-corrected chi connectivity index (χ3v) is 2.75. The van der Waals surface area contributed by atoms with Crippen LogP contribution >= 0.6 is 0 Å². The number of urea groups is 1. The van der Waals surface area contributed by atoms with Crippen LogP contribution in [0.5, 0.6) is 0 Å². The number of imide groups is 1. The second kappa shape index (κ2) is 5.73. The first-order chi connectivity index (χ1) is 7.16. The first-order valence-corrected chi connectivity index (χ1v) is 5.72. The summed E-state index contributed by atoms with van der Waals surface area (Å²) in [5.74, 6) is -0.0759. The minimum atomic E-state index is -0.131. The highest BCUT2D eigenvalue weighted by Crippen LogP contribution is 2.11. The lowest BCUT2D eigenvalue weighted by Gasteiger charge is -2.30. The largest absolute Gasteiger partial charge is 0.326 e. The molecule has 1 heterocycles. The van der Waals surface area contributed by atoms with Crippen LogP contribution in [-0.2, 0) is 4.79 Å². The van der Waals surface area contributed by atoms with Crippen LogP contribution in [0.15, 0.2) is 0 Å². The number of amides is 3. The summed E-state index contributed by atoms with van der Waals surface area (Å²) in [6, 6.07) is -0.131. The number of piperidine rings is 1. The molecule has 0 unspecified atom stereocenters. The van der Waals surface area contributed by atoms with Crippen LogP contribution in [0.25, 0.3) is 0 Å². The van der Waals surface area contributed by atoms with E-state index in [0.29, 0.717) is 6.42 Å². The van der Waals surface area contributed by atoms with Crippen molar-refractivity contribution < 1.29 is 9.59 Å². The molecule has 0 radical (unpaired) electrons. The van der Waals surface area contributed by atoms with Gasteiger partial charge in [-0.1, -0.05) is 6.92 Å². The minimum Gasteiger partial charge on any atom is -0.324 e. The maximum Gasteiger partial charge on any atom is 0.326 e. The zero-order chi connectivity index (χ0) is 11.3. The number of carbonyl (C=O) groups excluding carboxylic acids is 2. The molecule has 0 aromatic heterocycles. The summed E-state index contributed by atoms with van der Waals surface area (Å²) in [5, 5.41) is 0. The van der Waals surface area contributed by atoms with E-state index in [4.69, 9.17) is 0 Å². The van der Waals surface area contributed by atoms with Crippen LogP contribution in [0.1, 0.15) is 39.0 Å². The molecule has 0 saturated carbocycles. The highest BCUT2D eigenvalue weighted by atomic mass is 16.2. The van der Waals surface area contributed by atoms with E-state index < -0.39 is 0 Å². The van der Waals surface area contributed by atoms with Crippen LogP contribution < -0.4 is 0 Å². The molecule has 0 bridgehead atoms. The molecule has 0 aromatic rings. The van der Waals surface area contributed by atoms with E-state index >= 15 is 0 Å². The van der Waals surface area contributed by atoms with Gasteiger partial charge < -0.3 is 4.90 Å². The van der Waals surface area contributed by atoms with Crippen molar-refractivity contribution in [2.24, 2.45) is 0 Å². The Morgan fingerprint density at radius 1 is 1.20 bits per heavy atom. The van der Waals surface area contributed by atoms with Crippen molar-refractivity contribution in [1.82, 2.24) is 9.80 Å². The Kier molecular flexibility index (Phi) is 4.59. The van der Waals surface area contributed by atoms with Crippen molar-refractivity contribution in [3.63, 3.8) is 0 Å². The number of nitrogens with zero attached hydrogens (tertiary/aromatic N) is 2. The van der Waals surface area contributed by atoms with Gasteiger partial charge in [0.05, 0.1) is 0 Å². The van der Waals surface area contributed by atoms with Gasteiger partial charge in [0.25, 0.3) is 0 Å². The van der Waals surface area contributed by atoms with Crippen LogP contribution in [0.4, 0.5) is 4.79 Å². The number of rotatable bonds is 2. The first-order valence-electron chi connectivity index (χ1n) is 5.72. The van der Waals surface area contributed by atoms with E-state index in [-0.39, 0.29) is 11.9 Å². The molecule has 1 rings (SSSR count). The minimum absolute atomic E-state index is 0.0759. The molecule has 0 atom stereocenters. The topological polar surface area (TPSA) is 40.6 Å². The van der Waals surface area contributed by atoms with Gasteiger partial charge in [-0.25, -0.2) is 4.79 Å². The molecule has 4 nitrogen and oxygen atoms in total. The molecule has 1 fully saturated rings. The summed E-state index contributed by atoms with van der Waals surface area (Å²) in [6.07, 6.45) is 4.55. The molecular formula is C11H20N2O2. The molecule has 0 spiro atoms. The van der Waals surface area contributed by atoms with Gasteiger partial charge in [-0.3, -0.25) is 9.69 Å². The van der Waals surface area contributed by atoms with Gasteiger partial charge in [0.2, 0.25) is 5.91 Å². The van der Waals surface area contributed by atoms with E-state index in [1.54, 1.807) is 11.9 Å². The van der Waals surface area contributed by atoms with Crippen molar-refractivity contribution in [3.05, 3.63) is 0 Å². The molecular weight excluding hydrogens is 192 g/mol. The molecule has 86 valence electrons. The quantitative estimate of drug-likeness (QED) is 0.701. The van der Waals surface area contributed by atoms with E-state index in [9.17, 15) is 9.59 Å². The van der Waals surface area contributed by atoms with Crippen molar-refractivity contribution in [2.45, 2.75) is 39.0 Å². The third-order valence-electron chi connectivity index (χ3n) is 2.75. The number of carbonyl (C=O) groups is 2. The lowest BCUT2D eigenvalue weighted by Crippen LogP contribution is -2.46. The first kappa shape index (κ1) is 12.0. The summed E-state index contributed by atoms with van der Waals surface area (Å²) >= 11 is 0. The van der Waals surface area contributed by atoms with Crippen molar-refractivity contribution in [1.29, 1.82) is 0 Å². The fraction of sp³-hybridized carbons (Fsp3) is 0.818. The maximum absolute atomic E-state index is 11.8. The Bertz CT molecular complexity index is 235. The molecule has 1 aliphatic rings. The van der Waals surface area contributed by atoms with Gasteiger partial charge in [-0.15, -0.1) is 0 Å². The molecule has 3 amide bonds. The Morgan fingerprint density at radius 2 is 1.80 bits per heavy atom. The van der Waals surface area contributed by atoms with Gasteiger partial charge in [0, 0.05) is 26.6 Å². The second-order valence-electron chi connectivity index (χ2n) is 4.03. The Balaban J connectivity index is 2.47. The molecule has 15 heavy (non-hydrogen) atoms. The van der Waals surface area contributed by atoms with Gasteiger partial charge in [0.1, 0.15) is 0 Å². The van der Waals surface area contributed by atoms with Gasteiger partial charge >= 0.3 is 6.03 Å². The predicted octanol–water partition coefficient (Wildman–Crippen LogP) is 1.85. The predicted molar refractivity (Wildman–Crippen MR) is 58.5 cm³/mol. The van der Waals surface area contributed by atoms with E-state index in [1.807, 2.05) is 6.92 Å². The van der Waals surface area contributed by atoms with Crippen molar-refractivity contribution in [2.75, 3.05) is 20.1 Å². The highest BCUT2D eigenvalue weighted by molar-refractivity contribution is 5.94. The summed E-state index contributed by atoms with van der Waals surface area (Å²) in [5.41, 5.74) is 0. The van der Waals surface area contributed by atoms with Crippen LogP contribution in [0.3, 0.4) is 0 Å². The van der Waals surface area contributed by atoms with Crippen LogP contribution in [-0.4, -0.2) is 41.9 Å². The average molecular weight is 212 g/mol. The monoisotopic (exact) mass is 212 g/mol. The number of hydrogen-bond donors (Lipinski definition) is 0. The fourth-order valence-corrected chi connectivity index (χ4v) is 1.79. The molecule has 0 N–H and O–H groups in total. The van der Waals surface area contributed by atoms with Crippen LogP contribution in [0.2, 0.25) is 0 Å². The molecule has 0 aliphatic carbocycles. The number of hydrogen-bond acceptors (Lipinski definition) is 2. The van der Waals surface area contributed by atoms with Gasteiger partial charge in [0.15, 0.2) is 0 Å². The standard InChI is InChI=1S/C11H20N2O2/c1-3-7-10(14)12(2)11(15)13-8-5-4-6-9-13/h3-9H2,1-2H3. The third kappa shape index (κ3) is 3.22. The Hall–Kier alpha value is -1.06. The summed E-state index contributed by atoms with van der Waals surface area (Å²) in [7, 11) is 1.58. The lowest BCUT2D eigenvalue weighted by molar-refractivity contribution is -0.127. The Morgan fingerprint density at radius 3 is 2.33 bits per heavy atom. The summed E-state index contributed by atoms with van der Waals surface area (Å²) in [4.78, 5) is 26.4. The molecule has 4 heteroatoms. The van der Waals surface area contributed by atoms with E-state index in [2.05, 4.69) is 0 Å². The molecule has 1 aliphatic heterocycles. The van der Waals surface area contributed by atoms with Crippen LogP contribution in [0, 0.1) is 0 Å². The molecule has 0 aromatic carbocycles. The van der Waals surface area contributed by atoms with E-state index in [0.717, 1.165) is 32.4 Å². The number of likely N-dealkylation sites (tertiary alicyclic amines) is 1. The van der Waals surface area contributed by atoms with Crippen molar-refractivity contribution in [3.8, 4) is 0 Å². The summed E-state index contributed by atoms with van der Waals surface area (Å²) < 4.78 is 0. The average Bonchev–Trinajstić information content (AvgIpc) is 2.28. The van der Waals surface area contributed by atoms with E-state index in [1.165, 1.54) is 11.3 Å². The Labute approximate surface area is 91.2 Å². The summed E-state index contributed by atoms with van der Waals surface area (Å²) in [6.45, 7) is 3.53. The lowest BCUT2D eigenvalue weighted by atomic mass is 10.1. The van der Waals surface area contributed by atoms with Crippen molar-refractivity contribution >= 4 is 11.9 Å². The van der Waals surface area contributed by atoms with Gasteiger partial charge in [-0.2, -0.15) is 0 Å². The highest BCUT2D eigenvalue weighted by Gasteiger charge is 2.23. The fourth-order valence-electron chi connectivity index (χ4n) is 1.79. The zero-order valence-corrected chi connectivity index (χ0v) is 9.66. The SMILES string of the molecule is CCCC(=O)N(C)C(=O)N1CCCCC1. The maximum atomic E-state index is 11.8. The van der Waals surface area contributed by atoms with Gasteiger partial charge in [-0.05, 0) is 25.7 Å². The zero-order valence-electron chi connectivity index (χ0n) is 9.66.